The van der Waals surface area contributed by atoms with Crippen LogP contribution >= 0.6 is 11.6 Å². The van der Waals surface area contributed by atoms with E-state index in [-0.39, 0.29) is 36.7 Å². The van der Waals surface area contributed by atoms with Gasteiger partial charge in [0.2, 0.25) is 5.91 Å². The van der Waals surface area contributed by atoms with E-state index >= 15 is 0 Å². The molecule has 28 heavy (non-hydrogen) atoms. The van der Waals surface area contributed by atoms with Gasteiger partial charge in [-0.15, -0.1) is 0 Å². The third-order valence-corrected chi connectivity index (χ3v) is 4.68. The Kier molecular flexibility index (Phi) is 6.31. The van der Waals surface area contributed by atoms with Crippen LogP contribution in [0.2, 0.25) is 5.02 Å². The number of rotatable bonds is 7. The first-order valence-electron chi connectivity index (χ1n) is 9.17. The van der Waals surface area contributed by atoms with E-state index in [0.717, 1.165) is 18.4 Å². The van der Waals surface area contributed by atoms with Gasteiger partial charge in [-0.2, -0.15) is 0 Å². The Bertz CT molecular complexity index is 892. The number of halogens is 1. The highest BCUT2D eigenvalue weighted by Gasteiger charge is 2.24. The zero-order valence-electron chi connectivity index (χ0n) is 15.5. The van der Waals surface area contributed by atoms with Gasteiger partial charge in [0.15, 0.2) is 0 Å². The maximum Gasteiger partial charge on any atom is 0.251 e. The molecule has 0 radical (unpaired) electrons. The predicted octanol–water partition coefficient (Wildman–Crippen LogP) is 3.30. The Hall–Kier alpha value is -2.86. The molecule has 0 saturated heterocycles. The summed E-state index contributed by atoms with van der Waals surface area (Å²) < 4.78 is 0. The van der Waals surface area contributed by atoms with Crippen molar-refractivity contribution in [2.45, 2.75) is 32.2 Å². The van der Waals surface area contributed by atoms with E-state index in [0.29, 0.717) is 21.8 Å². The summed E-state index contributed by atoms with van der Waals surface area (Å²) in [5.41, 5.74) is 2.46. The van der Waals surface area contributed by atoms with Crippen molar-refractivity contribution in [1.82, 2.24) is 10.6 Å². The van der Waals surface area contributed by atoms with Crippen molar-refractivity contribution in [3.63, 3.8) is 0 Å². The third kappa shape index (κ3) is 5.57. The molecule has 0 aromatic heterocycles. The smallest absolute Gasteiger partial charge is 0.251 e. The average Bonchev–Trinajstić information content (AvgIpc) is 3.48. The van der Waals surface area contributed by atoms with E-state index in [1.165, 1.54) is 0 Å². The molecular formula is C21H22ClN3O3. The molecule has 7 heteroatoms. The van der Waals surface area contributed by atoms with Crippen LogP contribution in [-0.2, 0) is 4.79 Å². The van der Waals surface area contributed by atoms with Crippen LogP contribution < -0.4 is 16.0 Å². The first-order chi connectivity index (χ1) is 13.4. The highest BCUT2D eigenvalue weighted by Crippen LogP contribution is 2.21. The lowest BCUT2D eigenvalue weighted by Crippen LogP contribution is -2.28. The fraction of sp³-hybridized carbons (Fsp3) is 0.286. The van der Waals surface area contributed by atoms with Gasteiger partial charge < -0.3 is 16.0 Å². The van der Waals surface area contributed by atoms with Crippen molar-refractivity contribution >= 4 is 35.0 Å². The molecular weight excluding hydrogens is 378 g/mol. The lowest BCUT2D eigenvalue weighted by molar-refractivity contribution is -0.116. The first kappa shape index (κ1) is 19.9. The lowest BCUT2D eigenvalue weighted by atomic mass is 10.1. The van der Waals surface area contributed by atoms with Crippen molar-refractivity contribution < 1.29 is 14.4 Å². The molecule has 1 fully saturated rings. The van der Waals surface area contributed by atoms with E-state index in [1.807, 2.05) is 6.92 Å². The van der Waals surface area contributed by atoms with Crippen LogP contribution in [0.15, 0.2) is 42.5 Å². The molecule has 0 atom stereocenters. The summed E-state index contributed by atoms with van der Waals surface area (Å²) in [6.07, 6.45) is 2.16. The molecule has 146 valence electrons. The van der Waals surface area contributed by atoms with Crippen LogP contribution in [0.5, 0.6) is 0 Å². The minimum Gasteiger partial charge on any atom is -0.352 e. The topological polar surface area (TPSA) is 87.3 Å². The van der Waals surface area contributed by atoms with Crippen molar-refractivity contribution in [3.05, 3.63) is 64.2 Å². The molecule has 0 bridgehead atoms. The second-order valence-corrected chi connectivity index (χ2v) is 7.27. The summed E-state index contributed by atoms with van der Waals surface area (Å²) in [6.45, 7) is 2.06. The predicted molar refractivity (Wildman–Crippen MR) is 109 cm³/mol. The summed E-state index contributed by atoms with van der Waals surface area (Å²) in [5, 5.41) is 8.99. The Morgan fingerprint density at radius 3 is 2.36 bits per heavy atom. The van der Waals surface area contributed by atoms with Gasteiger partial charge in [-0.05, 0) is 61.7 Å². The highest BCUT2D eigenvalue weighted by molar-refractivity contribution is 6.30. The van der Waals surface area contributed by atoms with Crippen molar-refractivity contribution in [3.8, 4) is 0 Å². The molecule has 2 aromatic carbocycles. The van der Waals surface area contributed by atoms with Gasteiger partial charge in [-0.3, -0.25) is 14.4 Å². The quantitative estimate of drug-likeness (QED) is 0.667. The monoisotopic (exact) mass is 399 g/mol. The highest BCUT2D eigenvalue weighted by atomic mass is 35.5. The summed E-state index contributed by atoms with van der Waals surface area (Å²) in [7, 11) is 0. The van der Waals surface area contributed by atoms with Crippen LogP contribution in [0.4, 0.5) is 5.69 Å². The van der Waals surface area contributed by atoms with E-state index in [9.17, 15) is 14.4 Å². The fourth-order valence-corrected chi connectivity index (χ4v) is 2.73. The summed E-state index contributed by atoms with van der Waals surface area (Å²) >= 11 is 5.80. The Labute approximate surface area is 168 Å². The maximum atomic E-state index is 12.2. The van der Waals surface area contributed by atoms with E-state index in [1.54, 1.807) is 42.5 Å². The largest absolute Gasteiger partial charge is 0.352 e. The zero-order chi connectivity index (χ0) is 20.1. The number of carbonyl (C=O) groups is 3. The molecule has 0 aliphatic heterocycles. The van der Waals surface area contributed by atoms with Gasteiger partial charge in [0, 0.05) is 40.8 Å². The van der Waals surface area contributed by atoms with Crippen LogP contribution in [0.3, 0.4) is 0 Å². The third-order valence-electron chi connectivity index (χ3n) is 4.43. The summed E-state index contributed by atoms with van der Waals surface area (Å²) in [4.78, 5) is 36.4. The van der Waals surface area contributed by atoms with Crippen LogP contribution in [-0.4, -0.2) is 30.3 Å². The zero-order valence-corrected chi connectivity index (χ0v) is 16.3. The van der Waals surface area contributed by atoms with Crippen LogP contribution in [0.1, 0.15) is 45.5 Å². The summed E-state index contributed by atoms with van der Waals surface area (Å²) in [6, 6.07) is 12.0. The number of benzene rings is 2. The second-order valence-electron chi connectivity index (χ2n) is 6.84. The molecule has 0 heterocycles. The number of aryl methyl sites for hydroxylation is 1. The van der Waals surface area contributed by atoms with E-state index in [2.05, 4.69) is 16.0 Å². The van der Waals surface area contributed by atoms with Gasteiger partial charge in [0.25, 0.3) is 11.8 Å². The minimum atomic E-state index is -0.264. The van der Waals surface area contributed by atoms with E-state index in [4.69, 9.17) is 11.6 Å². The molecule has 2 aromatic rings. The molecule has 1 saturated carbocycles. The molecule has 6 nitrogen and oxygen atoms in total. The molecule has 3 rings (SSSR count). The number of amides is 3. The molecule has 3 N–H and O–H groups in total. The Morgan fingerprint density at radius 1 is 1.00 bits per heavy atom. The van der Waals surface area contributed by atoms with Crippen molar-refractivity contribution in [2.24, 2.45) is 0 Å². The maximum absolute atomic E-state index is 12.2. The fourth-order valence-electron chi connectivity index (χ4n) is 2.60. The standard InChI is InChI=1S/C21H22ClN3O3/c1-13-2-3-15(21(28)24-17-8-9-17)12-18(13)25-19(26)10-11-23-20(27)14-4-6-16(22)7-5-14/h2-7,12,17H,8-11H2,1H3,(H,23,27)(H,24,28)(H,25,26). The molecule has 1 aliphatic carbocycles. The van der Waals surface area contributed by atoms with Gasteiger partial charge >= 0.3 is 0 Å². The molecule has 3 amide bonds. The number of hydrogen-bond donors (Lipinski definition) is 3. The molecule has 0 unspecified atom stereocenters. The van der Waals surface area contributed by atoms with Gasteiger partial charge in [-0.1, -0.05) is 17.7 Å². The van der Waals surface area contributed by atoms with Crippen LogP contribution in [0, 0.1) is 6.92 Å². The van der Waals surface area contributed by atoms with Gasteiger partial charge in [-0.25, -0.2) is 0 Å². The number of nitrogens with one attached hydrogen (secondary N) is 3. The number of hydrogen-bond acceptors (Lipinski definition) is 3. The normalized spacial score (nSPS) is 12.9. The number of anilines is 1. The van der Waals surface area contributed by atoms with Gasteiger partial charge in [0.05, 0.1) is 0 Å². The number of carbonyl (C=O) groups excluding carboxylic acids is 3. The minimum absolute atomic E-state index is 0.122. The second kappa shape index (κ2) is 8.89. The molecule has 1 aliphatic rings. The summed E-state index contributed by atoms with van der Waals surface area (Å²) in [5.74, 6) is -0.633. The Balaban J connectivity index is 1.50. The molecule has 0 spiro atoms. The SMILES string of the molecule is Cc1ccc(C(=O)NC2CC2)cc1NC(=O)CCNC(=O)c1ccc(Cl)cc1. The van der Waals surface area contributed by atoms with Crippen molar-refractivity contribution in [1.29, 1.82) is 0 Å². The lowest BCUT2D eigenvalue weighted by Gasteiger charge is -2.11. The first-order valence-corrected chi connectivity index (χ1v) is 9.55. The van der Waals surface area contributed by atoms with E-state index < -0.39 is 0 Å². The van der Waals surface area contributed by atoms with Gasteiger partial charge in [0.1, 0.15) is 0 Å². The average molecular weight is 400 g/mol. The van der Waals surface area contributed by atoms with Crippen LogP contribution in [0.25, 0.3) is 0 Å². The Morgan fingerprint density at radius 2 is 1.68 bits per heavy atom. The van der Waals surface area contributed by atoms with Crippen molar-refractivity contribution in [2.75, 3.05) is 11.9 Å².